The second kappa shape index (κ2) is 7.25. The molecule has 1 amide bonds. The molecule has 2 rings (SSSR count). The maximum atomic E-state index is 12.4. The number of amides is 1. The van der Waals surface area contributed by atoms with Crippen LogP contribution in [0, 0.1) is 0 Å². The molecule has 0 saturated carbocycles. The quantitative estimate of drug-likeness (QED) is 0.890. The third kappa shape index (κ3) is 3.84. The third-order valence-corrected chi connectivity index (χ3v) is 3.83. The maximum Gasteiger partial charge on any atom is 0.229 e. The highest BCUT2D eigenvalue weighted by Crippen LogP contribution is 2.23. The number of carbonyl (C=O) groups is 1. The summed E-state index contributed by atoms with van der Waals surface area (Å²) < 4.78 is 0. The van der Waals surface area contributed by atoms with Gasteiger partial charge in [-0.25, -0.2) is 0 Å². The van der Waals surface area contributed by atoms with E-state index in [0.29, 0.717) is 5.02 Å². The molecule has 0 aliphatic rings. The van der Waals surface area contributed by atoms with Crippen LogP contribution in [0.2, 0.25) is 5.02 Å². The summed E-state index contributed by atoms with van der Waals surface area (Å²) in [6, 6.07) is 16.9. The number of rotatable bonds is 5. The van der Waals surface area contributed by atoms with Gasteiger partial charge >= 0.3 is 0 Å². The van der Waals surface area contributed by atoms with Crippen molar-refractivity contribution in [3.63, 3.8) is 0 Å². The summed E-state index contributed by atoms with van der Waals surface area (Å²) in [7, 11) is 0. The van der Waals surface area contributed by atoms with Crippen molar-refractivity contribution >= 4 is 17.5 Å². The summed E-state index contributed by atoms with van der Waals surface area (Å²) in [4.78, 5) is 12.4. The lowest BCUT2D eigenvalue weighted by atomic mass is 9.97. The Morgan fingerprint density at radius 1 is 1.14 bits per heavy atom. The number of benzene rings is 2. The fraction of sp³-hybridized carbons (Fsp3) is 0.235. The summed E-state index contributed by atoms with van der Waals surface area (Å²) in [5, 5.41) is 3.63. The van der Waals surface area contributed by atoms with Gasteiger partial charge in [0.2, 0.25) is 5.91 Å². The third-order valence-electron chi connectivity index (χ3n) is 3.48. The van der Waals surface area contributed by atoms with Gasteiger partial charge in [-0.15, -0.1) is 0 Å². The number of nitrogens with one attached hydrogen (secondary N) is 1. The summed E-state index contributed by atoms with van der Waals surface area (Å²) in [6.07, 6.45) is 0. The van der Waals surface area contributed by atoms with Crippen molar-refractivity contribution in [1.82, 2.24) is 5.32 Å². The second-order valence-corrected chi connectivity index (χ2v) is 5.36. The van der Waals surface area contributed by atoms with E-state index in [-0.39, 0.29) is 24.4 Å². The van der Waals surface area contributed by atoms with E-state index in [2.05, 4.69) is 5.32 Å². The van der Waals surface area contributed by atoms with Crippen LogP contribution in [0.3, 0.4) is 0 Å². The molecule has 21 heavy (non-hydrogen) atoms. The lowest BCUT2D eigenvalue weighted by Crippen LogP contribution is -2.35. The van der Waals surface area contributed by atoms with Crippen molar-refractivity contribution in [3.05, 3.63) is 70.7 Å². The zero-order chi connectivity index (χ0) is 15.2. The Bertz CT molecular complexity index is 601. The molecule has 0 heterocycles. The number of carbonyl (C=O) groups excluding carboxylic acids is 1. The van der Waals surface area contributed by atoms with E-state index in [1.807, 2.05) is 61.5 Å². The minimum Gasteiger partial charge on any atom is -0.349 e. The van der Waals surface area contributed by atoms with E-state index in [4.69, 9.17) is 17.3 Å². The average Bonchev–Trinajstić information content (AvgIpc) is 2.49. The van der Waals surface area contributed by atoms with Crippen molar-refractivity contribution in [2.24, 2.45) is 5.73 Å². The van der Waals surface area contributed by atoms with E-state index >= 15 is 0 Å². The van der Waals surface area contributed by atoms with Crippen molar-refractivity contribution in [3.8, 4) is 0 Å². The normalized spacial score (nSPS) is 13.5. The molecule has 0 aliphatic carbocycles. The van der Waals surface area contributed by atoms with Crippen LogP contribution >= 0.6 is 11.6 Å². The van der Waals surface area contributed by atoms with E-state index in [9.17, 15) is 4.79 Å². The molecule has 2 aromatic carbocycles. The van der Waals surface area contributed by atoms with Gasteiger partial charge in [0.15, 0.2) is 0 Å². The predicted molar refractivity (Wildman–Crippen MR) is 86.2 cm³/mol. The van der Waals surface area contributed by atoms with E-state index in [0.717, 1.165) is 11.1 Å². The lowest BCUT2D eigenvalue weighted by Gasteiger charge is -2.20. The number of hydrogen-bond acceptors (Lipinski definition) is 2. The molecule has 0 fully saturated rings. The highest BCUT2D eigenvalue weighted by Gasteiger charge is 2.21. The van der Waals surface area contributed by atoms with Crippen LogP contribution in [0.1, 0.15) is 30.0 Å². The van der Waals surface area contributed by atoms with E-state index < -0.39 is 0 Å². The molecular formula is C17H19ClN2O. The van der Waals surface area contributed by atoms with Gasteiger partial charge in [0.1, 0.15) is 0 Å². The minimum atomic E-state index is -0.351. The molecular weight excluding hydrogens is 284 g/mol. The van der Waals surface area contributed by atoms with Crippen LogP contribution < -0.4 is 11.1 Å². The van der Waals surface area contributed by atoms with Crippen molar-refractivity contribution in [2.45, 2.75) is 18.9 Å². The predicted octanol–water partition coefficient (Wildman–Crippen LogP) is 3.26. The van der Waals surface area contributed by atoms with E-state index in [1.54, 1.807) is 0 Å². The van der Waals surface area contributed by atoms with Crippen LogP contribution in [0.5, 0.6) is 0 Å². The van der Waals surface area contributed by atoms with Crippen molar-refractivity contribution < 1.29 is 4.79 Å². The Kier molecular flexibility index (Phi) is 5.37. The van der Waals surface area contributed by atoms with Crippen LogP contribution in [0.4, 0.5) is 0 Å². The Balaban J connectivity index is 2.11. The maximum absolute atomic E-state index is 12.4. The van der Waals surface area contributed by atoms with E-state index in [1.165, 1.54) is 0 Å². The Labute approximate surface area is 130 Å². The topological polar surface area (TPSA) is 55.1 Å². The fourth-order valence-corrected chi connectivity index (χ4v) is 2.60. The lowest BCUT2D eigenvalue weighted by molar-refractivity contribution is -0.123. The van der Waals surface area contributed by atoms with Gasteiger partial charge in [0, 0.05) is 11.6 Å². The van der Waals surface area contributed by atoms with Crippen molar-refractivity contribution in [1.29, 1.82) is 0 Å². The van der Waals surface area contributed by atoms with Gasteiger partial charge in [-0.1, -0.05) is 60.1 Å². The zero-order valence-electron chi connectivity index (χ0n) is 11.9. The molecule has 2 atom stereocenters. The Morgan fingerprint density at radius 3 is 2.38 bits per heavy atom. The van der Waals surface area contributed by atoms with Gasteiger partial charge in [0.05, 0.1) is 12.0 Å². The molecule has 0 saturated heterocycles. The summed E-state index contributed by atoms with van der Waals surface area (Å²) in [5.74, 6) is -0.438. The number of nitrogens with two attached hydrogens (primary N) is 1. The molecule has 1 unspecified atom stereocenters. The van der Waals surface area contributed by atoms with Gasteiger partial charge in [-0.05, 0) is 24.1 Å². The first-order valence-corrected chi connectivity index (χ1v) is 7.31. The van der Waals surface area contributed by atoms with Gasteiger partial charge in [-0.2, -0.15) is 0 Å². The fourth-order valence-electron chi connectivity index (χ4n) is 2.30. The summed E-state index contributed by atoms with van der Waals surface area (Å²) in [5.41, 5.74) is 7.58. The second-order valence-electron chi connectivity index (χ2n) is 4.95. The molecule has 3 nitrogen and oxygen atoms in total. The number of hydrogen-bond donors (Lipinski definition) is 2. The van der Waals surface area contributed by atoms with Crippen LogP contribution in [-0.2, 0) is 4.79 Å². The first-order chi connectivity index (χ1) is 10.1. The smallest absolute Gasteiger partial charge is 0.229 e. The van der Waals surface area contributed by atoms with Gasteiger partial charge in [0.25, 0.3) is 0 Å². The molecule has 110 valence electrons. The molecule has 0 spiro atoms. The van der Waals surface area contributed by atoms with Crippen LogP contribution in [0.15, 0.2) is 54.6 Å². The van der Waals surface area contributed by atoms with Crippen LogP contribution in [0.25, 0.3) is 0 Å². The molecule has 2 aromatic rings. The first kappa shape index (κ1) is 15.5. The molecule has 0 aliphatic heterocycles. The average molecular weight is 303 g/mol. The van der Waals surface area contributed by atoms with Gasteiger partial charge in [-0.3, -0.25) is 4.79 Å². The number of halogens is 1. The molecule has 4 heteroatoms. The Hall–Kier alpha value is -1.84. The highest BCUT2D eigenvalue weighted by molar-refractivity contribution is 6.31. The monoisotopic (exact) mass is 302 g/mol. The zero-order valence-corrected chi connectivity index (χ0v) is 12.7. The highest BCUT2D eigenvalue weighted by atomic mass is 35.5. The molecule has 3 N–H and O–H groups in total. The summed E-state index contributed by atoms with van der Waals surface area (Å²) in [6.45, 7) is 2.18. The first-order valence-electron chi connectivity index (χ1n) is 6.93. The van der Waals surface area contributed by atoms with Crippen molar-refractivity contribution in [2.75, 3.05) is 6.54 Å². The minimum absolute atomic E-state index is 0.0869. The summed E-state index contributed by atoms with van der Waals surface area (Å²) >= 11 is 6.16. The standard InChI is InChI=1S/C17H19ClN2O/c1-12(14-9-5-6-10-16(14)18)20-17(21)15(11-19)13-7-3-2-4-8-13/h2-10,12,15H,11,19H2,1H3,(H,20,21)/t12-,15?/m0/s1. The van der Waals surface area contributed by atoms with Gasteiger partial charge < -0.3 is 11.1 Å². The van der Waals surface area contributed by atoms with Crippen LogP contribution in [-0.4, -0.2) is 12.5 Å². The largest absolute Gasteiger partial charge is 0.349 e. The SMILES string of the molecule is C[C@H](NC(=O)C(CN)c1ccccc1)c1ccccc1Cl. The molecule has 0 bridgehead atoms. The molecule has 0 aromatic heterocycles. The Morgan fingerprint density at radius 2 is 1.76 bits per heavy atom. The molecule has 0 radical (unpaired) electrons.